The van der Waals surface area contributed by atoms with Crippen molar-refractivity contribution in [1.29, 1.82) is 5.26 Å². The quantitative estimate of drug-likeness (QED) is 0.864. The van der Waals surface area contributed by atoms with Crippen LogP contribution in [0.25, 0.3) is 0 Å². The Morgan fingerprint density at radius 2 is 2.00 bits per heavy atom. The Morgan fingerprint density at radius 1 is 1.20 bits per heavy atom. The van der Waals surface area contributed by atoms with Crippen molar-refractivity contribution in [3.05, 3.63) is 70.5 Å². The Morgan fingerprint density at radius 3 is 2.65 bits per heavy atom. The lowest BCUT2D eigenvalue weighted by Gasteiger charge is -2.05. The maximum Gasteiger partial charge on any atom is 0.128 e. The molecule has 0 saturated carbocycles. The third-order valence-corrected chi connectivity index (χ3v) is 4.20. The third-order valence-electron chi connectivity index (χ3n) is 2.91. The summed E-state index contributed by atoms with van der Waals surface area (Å²) in [6.45, 7) is 1.98. The van der Waals surface area contributed by atoms with Crippen LogP contribution in [0.1, 0.15) is 22.3 Å². The van der Waals surface area contributed by atoms with Crippen LogP contribution in [0.5, 0.6) is 0 Å². The molecule has 1 atom stereocenters. The first-order valence-corrected chi connectivity index (χ1v) is 7.66. The number of hydrogen-bond donors (Lipinski definition) is 0. The summed E-state index contributed by atoms with van der Waals surface area (Å²) < 4.78 is 25.8. The van der Waals surface area contributed by atoms with Crippen LogP contribution in [0.15, 0.2) is 42.5 Å². The molecule has 4 heteroatoms. The molecule has 0 radical (unpaired) electrons. The fourth-order valence-corrected chi connectivity index (χ4v) is 3.18. The lowest BCUT2D eigenvalue weighted by atomic mass is 10.1. The molecule has 0 amide bonds. The number of aryl methyl sites for hydroxylation is 1. The van der Waals surface area contributed by atoms with Gasteiger partial charge in [0.15, 0.2) is 0 Å². The summed E-state index contributed by atoms with van der Waals surface area (Å²) >= 11 is 0. The average molecular weight is 287 g/mol. The molecule has 2 aromatic rings. The van der Waals surface area contributed by atoms with Gasteiger partial charge in [0.2, 0.25) is 0 Å². The molecular formula is C16H14FNOS. The van der Waals surface area contributed by atoms with Crippen molar-refractivity contribution in [1.82, 2.24) is 0 Å². The van der Waals surface area contributed by atoms with Gasteiger partial charge in [0.05, 0.1) is 17.4 Å². The van der Waals surface area contributed by atoms with Gasteiger partial charge in [-0.3, -0.25) is 4.21 Å². The summed E-state index contributed by atoms with van der Waals surface area (Å²) in [5, 5.41) is 8.68. The molecule has 20 heavy (non-hydrogen) atoms. The molecule has 0 bridgehead atoms. The number of hydrogen-bond acceptors (Lipinski definition) is 2. The Kier molecular flexibility index (Phi) is 4.65. The smallest absolute Gasteiger partial charge is 0.128 e. The minimum absolute atomic E-state index is 0.158. The molecule has 0 aliphatic heterocycles. The lowest BCUT2D eigenvalue weighted by molar-refractivity contribution is 0.614. The molecule has 0 aliphatic carbocycles. The fraction of sp³-hybridized carbons (Fsp3) is 0.188. The van der Waals surface area contributed by atoms with Crippen molar-refractivity contribution in [3.63, 3.8) is 0 Å². The fourth-order valence-electron chi connectivity index (χ4n) is 1.95. The summed E-state index contributed by atoms with van der Waals surface area (Å²) in [5.74, 6) is 0.0914. The minimum atomic E-state index is -1.17. The van der Waals surface area contributed by atoms with Crippen LogP contribution >= 0.6 is 0 Å². The highest BCUT2D eigenvalue weighted by Gasteiger charge is 2.09. The van der Waals surface area contributed by atoms with E-state index in [2.05, 4.69) is 0 Å². The molecule has 0 aliphatic rings. The molecule has 2 rings (SSSR count). The van der Waals surface area contributed by atoms with Gasteiger partial charge in [-0.2, -0.15) is 5.26 Å². The standard InChI is InChI=1S/C16H14FNOS/c1-12-3-2-4-14(7-12)10-20(19)11-15-6-5-13(9-18)8-16(15)17/h2-8H,10-11H2,1H3. The van der Waals surface area contributed by atoms with Crippen molar-refractivity contribution in [3.8, 4) is 6.07 Å². The summed E-state index contributed by atoms with van der Waals surface area (Å²) in [5.41, 5.74) is 2.76. The van der Waals surface area contributed by atoms with E-state index in [-0.39, 0.29) is 11.3 Å². The minimum Gasteiger partial charge on any atom is -0.259 e. The molecular weight excluding hydrogens is 273 g/mol. The molecule has 0 N–H and O–H groups in total. The van der Waals surface area contributed by atoms with Crippen molar-refractivity contribution in [2.75, 3.05) is 0 Å². The van der Waals surface area contributed by atoms with E-state index < -0.39 is 16.6 Å². The highest BCUT2D eigenvalue weighted by atomic mass is 32.2. The predicted octanol–water partition coefficient (Wildman–Crippen LogP) is 3.45. The number of halogens is 1. The van der Waals surface area contributed by atoms with Gasteiger partial charge in [-0.15, -0.1) is 0 Å². The van der Waals surface area contributed by atoms with Crippen LogP contribution in [0.3, 0.4) is 0 Å². The van der Waals surface area contributed by atoms with E-state index >= 15 is 0 Å². The number of nitriles is 1. The molecule has 0 heterocycles. The molecule has 0 spiro atoms. The first-order chi connectivity index (χ1) is 9.58. The Balaban J connectivity index is 2.07. The Bertz CT molecular complexity index is 691. The van der Waals surface area contributed by atoms with Crippen LogP contribution in [0.2, 0.25) is 0 Å². The van der Waals surface area contributed by atoms with Gasteiger partial charge in [0.25, 0.3) is 0 Å². The van der Waals surface area contributed by atoms with Crippen LogP contribution in [0.4, 0.5) is 4.39 Å². The van der Waals surface area contributed by atoms with Gasteiger partial charge >= 0.3 is 0 Å². The largest absolute Gasteiger partial charge is 0.259 e. The molecule has 1 unspecified atom stereocenters. The molecule has 0 fully saturated rings. The van der Waals surface area contributed by atoms with E-state index in [0.29, 0.717) is 11.3 Å². The van der Waals surface area contributed by atoms with E-state index in [1.54, 1.807) is 6.07 Å². The monoisotopic (exact) mass is 287 g/mol. The van der Waals surface area contributed by atoms with Gasteiger partial charge in [-0.05, 0) is 24.6 Å². The van der Waals surface area contributed by atoms with Crippen LogP contribution in [0, 0.1) is 24.1 Å². The summed E-state index contributed by atoms with van der Waals surface area (Å²) in [7, 11) is -1.17. The van der Waals surface area contributed by atoms with Crippen molar-refractivity contribution in [2.45, 2.75) is 18.4 Å². The maximum atomic E-state index is 13.7. The van der Waals surface area contributed by atoms with Gasteiger partial charge in [0, 0.05) is 22.1 Å². The molecule has 0 saturated heterocycles. The van der Waals surface area contributed by atoms with Crippen molar-refractivity contribution >= 4 is 10.8 Å². The zero-order chi connectivity index (χ0) is 14.5. The number of rotatable bonds is 4. The van der Waals surface area contributed by atoms with E-state index in [4.69, 9.17) is 5.26 Å². The van der Waals surface area contributed by atoms with Crippen LogP contribution in [-0.4, -0.2) is 4.21 Å². The highest BCUT2D eigenvalue weighted by Crippen LogP contribution is 2.15. The van der Waals surface area contributed by atoms with E-state index in [1.807, 2.05) is 37.3 Å². The second-order valence-corrected chi connectivity index (χ2v) is 6.09. The molecule has 102 valence electrons. The first-order valence-electron chi connectivity index (χ1n) is 6.17. The molecule has 2 nitrogen and oxygen atoms in total. The predicted molar refractivity (Wildman–Crippen MR) is 77.8 cm³/mol. The topological polar surface area (TPSA) is 40.9 Å². The molecule has 2 aromatic carbocycles. The van der Waals surface area contributed by atoms with Crippen molar-refractivity contribution < 1.29 is 8.60 Å². The average Bonchev–Trinajstić information content (AvgIpc) is 2.41. The summed E-state index contributed by atoms with van der Waals surface area (Å²) in [6, 6.07) is 13.9. The van der Waals surface area contributed by atoms with Gasteiger partial charge in [-0.1, -0.05) is 35.9 Å². The summed E-state index contributed by atoms with van der Waals surface area (Å²) in [6.07, 6.45) is 0. The summed E-state index contributed by atoms with van der Waals surface area (Å²) in [4.78, 5) is 0. The maximum absolute atomic E-state index is 13.7. The Hall–Kier alpha value is -1.99. The van der Waals surface area contributed by atoms with E-state index in [0.717, 1.165) is 11.1 Å². The highest BCUT2D eigenvalue weighted by molar-refractivity contribution is 7.83. The van der Waals surface area contributed by atoms with Crippen LogP contribution in [-0.2, 0) is 22.3 Å². The number of nitrogens with zero attached hydrogens (tertiary/aromatic N) is 1. The second kappa shape index (κ2) is 6.44. The normalized spacial score (nSPS) is 11.8. The first kappa shape index (κ1) is 14.4. The lowest BCUT2D eigenvalue weighted by Crippen LogP contribution is -2.02. The van der Waals surface area contributed by atoms with E-state index in [1.165, 1.54) is 12.1 Å². The van der Waals surface area contributed by atoms with Gasteiger partial charge < -0.3 is 0 Å². The second-order valence-electron chi connectivity index (χ2n) is 4.64. The SMILES string of the molecule is Cc1cccc(CS(=O)Cc2ccc(C#N)cc2F)c1. The molecule has 0 aromatic heterocycles. The van der Waals surface area contributed by atoms with E-state index in [9.17, 15) is 8.60 Å². The Labute approximate surface area is 120 Å². The zero-order valence-corrected chi connectivity index (χ0v) is 11.9. The third kappa shape index (κ3) is 3.75. The number of benzene rings is 2. The zero-order valence-electron chi connectivity index (χ0n) is 11.1. The van der Waals surface area contributed by atoms with Crippen LogP contribution < -0.4 is 0 Å². The van der Waals surface area contributed by atoms with Crippen molar-refractivity contribution in [2.24, 2.45) is 0 Å². The van der Waals surface area contributed by atoms with Gasteiger partial charge in [-0.25, -0.2) is 4.39 Å². The van der Waals surface area contributed by atoms with Gasteiger partial charge in [0.1, 0.15) is 5.82 Å².